The van der Waals surface area contributed by atoms with Gasteiger partial charge in [0.2, 0.25) is 11.0 Å². The first-order valence-electron chi connectivity index (χ1n) is 8.91. The van der Waals surface area contributed by atoms with Crippen molar-refractivity contribution in [3.63, 3.8) is 0 Å². The van der Waals surface area contributed by atoms with Crippen molar-refractivity contribution in [1.82, 2.24) is 24.5 Å². The fraction of sp³-hybridized carbons (Fsp3) is 0.444. The number of fused-ring (bicyclic) bond motifs is 1. The number of amides is 1. The molecule has 0 saturated carbocycles. The van der Waals surface area contributed by atoms with Gasteiger partial charge < -0.3 is 18.8 Å². The predicted molar refractivity (Wildman–Crippen MR) is 102 cm³/mol. The number of carbonyl (C=O) groups excluding carboxylic acids is 1. The number of aryl methyl sites for hydroxylation is 2. The summed E-state index contributed by atoms with van der Waals surface area (Å²) in [7, 11) is 0. The van der Waals surface area contributed by atoms with Crippen molar-refractivity contribution in [2.45, 2.75) is 25.1 Å². The van der Waals surface area contributed by atoms with Gasteiger partial charge in [0.25, 0.3) is 11.7 Å². The quantitative estimate of drug-likeness (QED) is 0.597. The highest BCUT2D eigenvalue weighted by atomic mass is 32.2. The summed E-state index contributed by atoms with van der Waals surface area (Å²) >= 11 is 1.44. The van der Waals surface area contributed by atoms with Crippen molar-refractivity contribution in [3.8, 4) is 5.88 Å². The van der Waals surface area contributed by atoms with Crippen LogP contribution in [0.25, 0.3) is 5.78 Å². The molecule has 1 atom stereocenters. The smallest absolute Gasteiger partial charge is 0.289 e. The molecule has 0 spiro atoms. The van der Waals surface area contributed by atoms with Crippen LogP contribution in [0.15, 0.2) is 28.0 Å². The van der Waals surface area contributed by atoms with E-state index < -0.39 is 0 Å². The normalized spacial score (nSPS) is 17.2. The van der Waals surface area contributed by atoms with E-state index in [-0.39, 0.29) is 18.6 Å². The molecule has 1 aliphatic heterocycles. The molecule has 1 fully saturated rings. The molecule has 3 aromatic rings. The lowest BCUT2D eigenvalue weighted by molar-refractivity contribution is -0.0417. The minimum Gasteiger partial charge on any atom is -0.475 e. The molecule has 9 nitrogen and oxygen atoms in total. The topological polar surface area (TPSA) is 95.0 Å². The Morgan fingerprint density at radius 2 is 2.25 bits per heavy atom. The highest BCUT2D eigenvalue weighted by molar-refractivity contribution is 7.98. The molecule has 0 aliphatic carbocycles. The third kappa shape index (κ3) is 3.69. The molecule has 1 unspecified atom stereocenters. The Bertz CT molecular complexity index is 1000. The van der Waals surface area contributed by atoms with Crippen LogP contribution in [-0.2, 0) is 4.74 Å². The fourth-order valence-corrected chi connectivity index (χ4v) is 3.38. The van der Waals surface area contributed by atoms with Crippen LogP contribution in [0.5, 0.6) is 5.88 Å². The zero-order chi connectivity index (χ0) is 19.7. The number of nitrogens with zero attached hydrogens (tertiary/aromatic N) is 5. The van der Waals surface area contributed by atoms with Crippen LogP contribution in [0.4, 0.5) is 0 Å². The fourth-order valence-electron chi connectivity index (χ4n) is 3.04. The van der Waals surface area contributed by atoms with Gasteiger partial charge in [0, 0.05) is 23.9 Å². The Kier molecular flexibility index (Phi) is 5.23. The van der Waals surface area contributed by atoms with Crippen LogP contribution in [-0.4, -0.2) is 69.1 Å². The van der Waals surface area contributed by atoms with Gasteiger partial charge in [0.05, 0.1) is 19.4 Å². The van der Waals surface area contributed by atoms with Crippen LogP contribution < -0.4 is 4.74 Å². The number of furan rings is 1. The lowest BCUT2D eigenvalue weighted by Crippen LogP contribution is -2.47. The molecule has 3 aromatic heterocycles. The van der Waals surface area contributed by atoms with Crippen LogP contribution in [0, 0.1) is 13.8 Å². The Balaban J connectivity index is 1.45. The van der Waals surface area contributed by atoms with Gasteiger partial charge >= 0.3 is 0 Å². The summed E-state index contributed by atoms with van der Waals surface area (Å²) in [6, 6.07) is 3.59. The average molecular weight is 403 g/mol. The van der Waals surface area contributed by atoms with E-state index in [1.54, 1.807) is 15.5 Å². The van der Waals surface area contributed by atoms with E-state index >= 15 is 0 Å². The summed E-state index contributed by atoms with van der Waals surface area (Å²) in [4.78, 5) is 23.1. The first-order valence-corrected chi connectivity index (χ1v) is 10.1. The molecule has 1 saturated heterocycles. The van der Waals surface area contributed by atoms with Crippen molar-refractivity contribution >= 4 is 23.4 Å². The van der Waals surface area contributed by atoms with Gasteiger partial charge in [-0.05, 0) is 26.2 Å². The molecular weight excluding hydrogens is 382 g/mol. The van der Waals surface area contributed by atoms with Gasteiger partial charge in [-0.25, -0.2) is 4.98 Å². The van der Waals surface area contributed by atoms with Gasteiger partial charge in [-0.1, -0.05) is 11.8 Å². The number of thioether (sulfide) groups is 1. The molecule has 148 valence electrons. The van der Waals surface area contributed by atoms with Crippen LogP contribution in [0.2, 0.25) is 0 Å². The first-order chi connectivity index (χ1) is 13.5. The summed E-state index contributed by atoms with van der Waals surface area (Å²) in [5, 5.41) is 5.01. The summed E-state index contributed by atoms with van der Waals surface area (Å²) in [5.74, 6) is 1.29. The van der Waals surface area contributed by atoms with E-state index in [9.17, 15) is 4.79 Å². The standard InChI is InChI=1S/C18H21N5O4S/c1-11-4-6-26-15(11)16(24)22-5-7-25-13(9-22)10-27-14-8-12(2)19-17-20-18(28-3)21-23(14)17/h4,6,8,13H,5,7,9-10H2,1-3H3. The number of ether oxygens (including phenoxy) is 2. The van der Waals surface area contributed by atoms with E-state index in [0.717, 1.165) is 11.3 Å². The molecule has 0 aromatic carbocycles. The van der Waals surface area contributed by atoms with Gasteiger partial charge in [-0.15, -0.1) is 5.10 Å². The summed E-state index contributed by atoms with van der Waals surface area (Å²) < 4.78 is 18.7. The second-order valence-corrected chi connectivity index (χ2v) is 7.31. The third-order valence-corrected chi connectivity index (χ3v) is 5.01. The monoisotopic (exact) mass is 403 g/mol. The highest BCUT2D eigenvalue weighted by Crippen LogP contribution is 2.19. The molecule has 1 amide bonds. The van der Waals surface area contributed by atoms with E-state index in [1.807, 2.05) is 26.2 Å². The Hall–Kier alpha value is -2.59. The molecule has 4 rings (SSSR count). The molecule has 10 heteroatoms. The zero-order valence-electron chi connectivity index (χ0n) is 15.9. The van der Waals surface area contributed by atoms with Gasteiger partial charge in [0.15, 0.2) is 5.76 Å². The average Bonchev–Trinajstić information content (AvgIpc) is 3.31. The number of hydrogen-bond acceptors (Lipinski definition) is 8. The number of carbonyl (C=O) groups is 1. The number of aromatic nitrogens is 4. The van der Waals surface area contributed by atoms with Crippen molar-refractivity contribution in [2.24, 2.45) is 0 Å². The molecule has 4 heterocycles. The van der Waals surface area contributed by atoms with Crippen molar-refractivity contribution in [2.75, 3.05) is 32.6 Å². The minimum atomic E-state index is -0.250. The lowest BCUT2D eigenvalue weighted by atomic mass is 10.2. The highest BCUT2D eigenvalue weighted by Gasteiger charge is 2.28. The maximum Gasteiger partial charge on any atom is 0.289 e. The second kappa shape index (κ2) is 7.80. The largest absolute Gasteiger partial charge is 0.475 e. The molecular formula is C18H21N5O4S. The summed E-state index contributed by atoms with van der Waals surface area (Å²) in [5.41, 5.74) is 1.62. The minimum absolute atomic E-state index is 0.126. The summed E-state index contributed by atoms with van der Waals surface area (Å²) in [6.45, 7) is 5.42. The molecule has 28 heavy (non-hydrogen) atoms. The maximum atomic E-state index is 12.7. The Labute approximate surface area is 166 Å². The predicted octanol–water partition coefficient (Wildman–Crippen LogP) is 1.98. The van der Waals surface area contributed by atoms with Gasteiger partial charge in [-0.3, -0.25) is 4.79 Å². The van der Waals surface area contributed by atoms with E-state index in [4.69, 9.17) is 13.9 Å². The zero-order valence-corrected chi connectivity index (χ0v) is 16.7. The second-order valence-electron chi connectivity index (χ2n) is 6.53. The Morgan fingerprint density at radius 3 is 3.00 bits per heavy atom. The van der Waals surface area contributed by atoms with E-state index in [2.05, 4.69) is 15.1 Å². The SMILES string of the molecule is CSc1nc2nc(C)cc(OCC3CN(C(=O)c4occc4C)CCO3)n2n1. The maximum absolute atomic E-state index is 12.7. The first kappa shape index (κ1) is 18.8. The van der Waals surface area contributed by atoms with Gasteiger partial charge in [0.1, 0.15) is 12.7 Å². The van der Waals surface area contributed by atoms with Crippen molar-refractivity contribution in [1.29, 1.82) is 0 Å². The summed E-state index contributed by atoms with van der Waals surface area (Å²) in [6.07, 6.45) is 3.19. The lowest BCUT2D eigenvalue weighted by Gasteiger charge is -2.32. The van der Waals surface area contributed by atoms with Crippen LogP contribution in [0.3, 0.4) is 0 Å². The third-order valence-electron chi connectivity index (χ3n) is 4.47. The Morgan fingerprint density at radius 1 is 1.39 bits per heavy atom. The van der Waals surface area contributed by atoms with Crippen LogP contribution >= 0.6 is 11.8 Å². The number of hydrogen-bond donors (Lipinski definition) is 0. The molecule has 0 radical (unpaired) electrons. The molecule has 0 N–H and O–H groups in total. The van der Waals surface area contributed by atoms with E-state index in [0.29, 0.717) is 42.3 Å². The molecule has 1 aliphatic rings. The van der Waals surface area contributed by atoms with Gasteiger partial charge in [-0.2, -0.15) is 9.50 Å². The molecule has 0 bridgehead atoms. The number of rotatable bonds is 5. The van der Waals surface area contributed by atoms with Crippen molar-refractivity contribution in [3.05, 3.63) is 35.4 Å². The number of morpholine rings is 1. The van der Waals surface area contributed by atoms with E-state index in [1.165, 1.54) is 18.0 Å². The van der Waals surface area contributed by atoms with Crippen molar-refractivity contribution < 1.29 is 18.7 Å². The van der Waals surface area contributed by atoms with Crippen LogP contribution in [0.1, 0.15) is 21.8 Å².